The van der Waals surface area contributed by atoms with Crippen LogP contribution >= 0.6 is 23.2 Å². The van der Waals surface area contributed by atoms with Gasteiger partial charge in [-0.3, -0.25) is 45.2 Å². The number of anilines is 1. The van der Waals surface area contributed by atoms with Gasteiger partial charge in [0.05, 0.1) is 31.5 Å². The number of imide groups is 2. The van der Waals surface area contributed by atoms with Crippen molar-refractivity contribution in [3.63, 3.8) is 0 Å². The highest BCUT2D eigenvalue weighted by Gasteiger charge is 2.37. The zero-order valence-electron chi connectivity index (χ0n) is 19.4. The molecule has 40 heavy (non-hydrogen) atoms. The van der Waals surface area contributed by atoms with Crippen molar-refractivity contribution >= 4 is 69.9 Å². The molecule has 0 unspecified atom stereocenters. The molecule has 17 heteroatoms. The van der Waals surface area contributed by atoms with Crippen molar-refractivity contribution in [1.29, 1.82) is 0 Å². The molecule has 1 aliphatic heterocycles. The van der Waals surface area contributed by atoms with Crippen LogP contribution in [0.2, 0.25) is 10.0 Å². The number of ether oxygens (including phenoxy) is 1. The fraction of sp³-hybridized carbons (Fsp3) is 0. The van der Waals surface area contributed by atoms with E-state index in [-0.39, 0.29) is 32.7 Å². The van der Waals surface area contributed by atoms with Crippen molar-refractivity contribution in [2.75, 3.05) is 4.90 Å². The molecule has 0 saturated carbocycles. The van der Waals surface area contributed by atoms with Gasteiger partial charge >= 0.3 is 11.7 Å². The molecule has 3 aromatic carbocycles. The summed E-state index contributed by atoms with van der Waals surface area (Å²) in [6.45, 7) is 0. The summed E-state index contributed by atoms with van der Waals surface area (Å²) in [5, 5.41) is 35.3. The molecule has 1 aliphatic rings. The first-order valence-corrected chi connectivity index (χ1v) is 11.4. The van der Waals surface area contributed by atoms with E-state index < -0.39 is 55.3 Å². The smallest absolute Gasteiger partial charge is 0.335 e. The largest absolute Gasteiger partial charge is 0.448 e. The second-order valence-electron chi connectivity index (χ2n) is 7.81. The summed E-state index contributed by atoms with van der Waals surface area (Å²) in [6.07, 6.45) is 0.965. The Morgan fingerprint density at radius 3 is 2.05 bits per heavy atom. The Hall–Kier alpha value is -5.41. The number of nitro groups is 3. The highest BCUT2D eigenvalue weighted by atomic mass is 35.5. The topological polar surface area (TPSA) is 205 Å². The van der Waals surface area contributed by atoms with E-state index in [1.807, 2.05) is 5.32 Å². The number of carbonyl (C=O) groups is 3. The third kappa shape index (κ3) is 5.40. The van der Waals surface area contributed by atoms with E-state index in [4.69, 9.17) is 27.9 Å². The quantitative estimate of drug-likeness (QED) is 0.166. The van der Waals surface area contributed by atoms with Gasteiger partial charge in [0.15, 0.2) is 5.75 Å². The van der Waals surface area contributed by atoms with Crippen molar-refractivity contribution in [3.05, 3.63) is 106 Å². The Kier molecular flexibility index (Phi) is 7.43. The van der Waals surface area contributed by atoms with Gasteiger partial charge in [-0.05, 0) is 36.4 Å². The van der Waals surface area contributed by atoms with E-state index in [0.29, 0.717) is 11.0 Å². The molecule has 0 aromatic heterocycles. The molecule has 1 N–H and O–H groups in total. The van der Waals surface area contributed by atoms with E-state index in [1.54, 1.807) is 0 Å². The van der Waals surface area contributed by atoms with Gasteiger partial charge in [-0.2, -0.15) is 0 Å². The molecule has 0 aliphatic carbocycles. The number of urea groups is 1. The number of amides is 4. The van der Waals surface area contributed by atoms with Crippen LogP contribution in [-0.2, 0) is 9.59 Å². The van der Waals surface area contributed by atoms with Crippen molar-refractivity contribution in [3.8, 4) is 11.5 Å². The first-order valence-electron chi connectivity index (χ1n) is 10.6. The molecule has 4 amide bonds. The fourth-order valence-corrected chi connectivity index (χ4v) is 4.07. The predicted octanol–water partition coefficient (Wildman–Crippen LogP) is 5.18. The maximum atomic E-state index is 13.2. The van der Waals surface area contributed by atoms with Gasteiger partial charge < -0.3 is 4.74 Å². The first kappa shape index (κ1) is 27.6. The zero-order chi connectivity index (χ0) is 29.3. The highest BCUT2D eigenvalue weighted by Crippen LogP contribution is 2.41. The number of barbiturate groups is 1. The van der Waals surface area contributed by atoms with Crippen LogP contribution in [0.25, 0.3) is 6.08 Å². The number of rotatable bonds is 7. The monoisotopic (exact) mass is 587 g/mol. The van der Waals surface area contributed by atoms with E-state index >= 15 is 0 Å². The van der Waals surface area contributed by atoms with Crippen LogP contribution in [0.4, 0.5) is 27.5 Å². The van der Waals surface area contributed by atoms with Gasteiger partial charge in [0.1, 0.15) is 5.57 Å². The van der Waals surface area contributed by atoms with Crippen molar-refractivity contribution < 1.29 is 33.9 Å². The van der Waals surface area contributed by atoms with Gasteiger partial charge in [0.2, 0.25) is 5.75 Å². The maximum Gasteiger partial charge on any atom is 0.335 e. The second-order valence-corrected chi connectivity index (χ2v) is 8.65. The molecule has 1 fully saturated rings. The number of halogens is 2. The maximum absolute atomic E-state index is 13.2. The molecule has 3 aromatic rings. The lowest BCUT2D eigenvalue weighted by Crippen LogP contribution is -2.54. The number of non-ortho nitro benzene ring substituents is 2. The molecule has 0 atom stereocenters. The Labute approximate surface area is 231 Å². The fourth-order valence-electron chi connectivity index (χ4n) is 3.52. The number of nitrogens with zero attached hydrogens (tertiary/aromatic N) is 4. The summed E-state index contributed by atoms with van der Waals surface area (Å²) < 4.78 is 5.62. The lowest BCUT2D eigenvalue weighted by atomic mass is 10.1. The third-order valence-corrected chi connectivity index (χ3v) is 5.82. The second kappa shape index (κ2) is 10.8. The first-order chi connectivity index (χ1) is 18.9. The molecule has 0 bridgehead atoms. The van der Waals surface area contributed by atoms with E-state index in [0.717, 1.165) is 42.5 Å². The zero-order valence-corrected chi connectivity index (χ0v) is 20.9. The number of carbonyl (C=O) groups excluding carboxylic acids is 3. The van der Waals surface area contributed by atoms with Crippen molar-refractivity contribution in [1.82, 2.24) is 5.32 Å². The molecule has 1 saturated heterocycles. The number of hydrogen-bond donors (Lipinski definition) is 1. The lowest BCUT2D eigenvalue weighted by Gasteiger charge is -2.26. The number of benzene rings is 3. The van der Waals surface area contributed by atoms with E-state index in [2.05, 4.69) is 0 Å². The third-order valence-electron chi connectivity index (χ3n) is 5.32. The molecule has 15 nitrogen and oxygen atoms in total. The minimum atomic E-state index is -1.12. The SMILES string of the molecule is O=C1NC(=O)N(c2ccc([N+](=O)[O-])cc2)C(=O)/C1=C/c1cc(Cl)cc(Cl)c1Oc1ccc([N+](=O)[O-])cc1[N+](=O)[O-]. The Bertz CT molecular complexity index is 1670. The summed E-state index contributed by atoms with van der Waals surface area (Å²) in [5.41, 5.74) is -2.49. The lowest BCUT2D eigenvalue weighted by molar-refractivity contribution is -0.394. The molecular formula is C23H11Cl2N5O10. The Balaban J connectivity index is 1.79. The van der Waals surface area contributed by atoms with Gasteiger partial charge in [0, 0.05) is 28.8 Å². The summed E-state index contributed by atoms with van der Waals surface area (Å²) in [6, 6.07) is 8.23. The number of hydrogen-bond acceptors (Lipinski definition) is 10. The molecule has 202 valence electrons. The summed E-state index contributed by atoms with van der Waals surface area (Å²) in [7, 11) is 0. The Morgan fingerprint density at radius 1 is 0.825 bits per heavy atom. The molecule has 0 spiro atoms. The molecule has 0 radical (unpaired) electrons. The number of nitro benzene ring substituents is 3. The summed E-state index contributed by atoms with van der Waals surface area (Å²) in [5.74, 6) is -3.00. The molecular weight excluding hydrogens is 577 g/mol. The molecule has 4 rings (SSSR count). The predicted molar refractivity (Wildman–Crippen MR) is 138 cm³/mol. The average molecular weight is 588 g/mol. The van der Waals surface area contributed by atoms with Crippen LogP contribution in [0.1, 0.15) is 5.56 Å². The Morgan fingerprint density at radius 2 is 1.45 bits per heavy atom. The van der Waals surface area contributed by atoms with Crippen molar-refractivity contribution in [2.24, 2.45) is 0 Å². The van der Waals surface area contributed by atoms with E-state index in [9.17, 15) is 44.7 Å². The molecule has 1 heterocycles. The van der Waals surface area contributed by atoms with Crippen LogP contribution in [0.15, 0.2) is 60.2 Å². The van der Waals surface area contributed by atoms with Gasteiger partial charge in [0.25, 0.3) is 23.2 Å². The number of nitrogens with one attached hydrogen (secondary N) is 1. The minimum Gasteiger partial charge on any atom is -0.448 e. The highest BCUT2D eigenvalue weighted by molar-refractivity contribution is 6.40. The van der Waals surface area contributed by atoms with Crippen LogP contribution < -0.4 is 15.0 Å². The minimum absolute atomic E-state index is 0.00867. The van der Waals surface area contributed by atoms with Gasteiger partial charge in [-0.25, -0.2) is 9.69 Å². The van der Waals surface area contributed by atoms with Crippen LogP contribution in [-0.4, -0.2) is 32.6 Å². The normalized spacial score (nSPS) is 14.2. The average Bonchev–Trinajstić information content (AvgIpc) is 2.88. The summed E-state index contributed by atoms with van der Waals surface area (Å²) in [4.78, 5) is 69.9. The van der Waals surface area contributed by atoms with Crippen LogP contribution in [0.5, 0.6) is 11.5 Å². The van der Waals surface area contributed by atoms with Gasteiger partial charge in [-0.1, -0.05) is 23.2 Å². The summed E-state index contributed by atoms with van der Waals surface area (Å²) >= 11 is 12.3. The standard InChI is InChI=1S/C23H11Cl2N5O10/c24-12-7-11(20(17(25)9-12)40-19-6-5-15(29(36)37)10-18(19)30(38)39)8-16-21(31)26-23(33)27(22(16)32)13-1-3-14(4-2-13)28(34)35/h1-10H,(H,26,31,33)/b16-8+. The van der Waals surface area contributed by atoms with E-state index in [1.165, 1.54) is 12.1 Å². The van der Waals surface area contributed by atoms with Crippen molar-refractivity contribution in [2.45, 2.75) is 0 Å². The van der Waals surface area contributed by atoms with Crippen LogP contribution in [0, 0.1) is 30.3 Å². The van der Waals surface area contributed by atoms with Gasteiger partial charge in [-0.15, -0.1) is 0 Å². The van der Waals surface area contributed by atoms with Crippen LogP contribution in [0.3, 0.4) is 0 Å².